The highest BCUT2D eigenvalue weighted by atomic mass is 19.1. The van der Waals surface area contributed by atoms with E-state index in [1.807, 2.05) is 6.07 Å². The maximum Gasteiger partial charge on any atom is 0.168 e. The second-order valence-corrected chi connectivity index (χ2v) is 6.20. The number of nitrogens with zero attached hydrogens (tertiary/aromatic N) is 1. The first-order valence-electron chi connectivity index (χ1n) is 8.29. The lowest BCUT2D eigenvalue weighted by molar-refractivity contribution is 0.0837. The largest absolute Gasteiger partial charge is 0.303 e. The van der Waals surface area contributed by atoms with Crippen molar-refractivity contribution in [3.8, 4) is 0 Å². The number of halogens is 1. The molecule has 0 saturated carbocycles. The molecule has 1 aliphatic rings. The third-order valence-corrected chi connectivity index (χ3v) is 4.66. The van der Waals surface area contributed by atoms with E-state index >= 15 is 0 Å². The van der Waals surface area contributed by atoms with Crippen LogP contribution in [0.2, 0.25) is 0 Å². The van der Waals surface area contributed by atoms with Crippen molar-refractivity contribution in [2.24, 2.45) is 5.92 Å². The van der Waals surface area contributed by atoms with E-state index in [0.717, 1.165) is 38.9 Å². The van der Waals surface area contributed by atoms with Crippen molar-refractivity contribution in [2.45, 2.75) is 19.3 Å². The summed E-state index contributed by atoms with van der Waals surface area (Å²) in [6, 6.07) is 16.8. The topological polar surface area (TPSA) is 20.3 Å². The van der Waals surface area contributed by atoms with Gasteiger partial charge < -0.3 is 4.90 Å². The highest BCUT2D eigenvalue weighted by molar-refractivity contribution is 5.98. The van der Waals surface area contributed by atoms with Crippen LogP contribution in [0.25, 0.3) is 0 Å². The molecule has 0 atom stereocenters. The molecular formula is C20H22FNO. The number of likely N-dealkylation sites (tertiary alicyclic amines) is 1. The average molecular weight is 311 g/mol. The maximum absolute atomic E-state index is 13.7. The lowest BCUT2D eigenvalue weighted by atomic mass is 9.88. The standard InChI is InChI=1S/C20H22FNO/c21-19-9-5-4-8-18(19)20(23)17-11-14-22(15-12-17)13-10-16-6-2-1-3-7-16/h1-9,17H,10-15H2. The Kier molecular flexibility index (Phi) is 5.19. The van der Waals surface area contributed by atoms with Crippen LogP contribution in [0.5, 0.6) is 0 Å². The van der Waals surface area contributed by atoms with Crippen molar-refractivity contribution < 1.29 is 9.18 Å². The monoisotopic (exact) mass is 311 g/mol. The Balaban J connectivity index is 1.50. The summed E-state index contributed by atoms with van der Waals surface area (Å²) >= 11 is 0. The fourth-order valence-electron chi connectivity index (χ4n) is 3.23. The molecule has 0 amide bonds. The highest BCUT2D eigenvalue weighted by Gasteiger charge is 2.26. The minimum Gasteiger partial charge on any atom is -0.303 e. The van der Waals surface area contributed by atoms with Crippen molar-refractivity contribution in [2.75, 3.05) is 19.6 Å². The van der Waals surface area contributed by atoms with Gasteiger partial charge in [0.15, 0.2) is 5.78 Å². The second-order valence-electron chi connectivity index (χ2n) is 6.20. The average Bonchev–Trinajstić information content (AvgIpc) is 2.61. The Morgan fingerprint density at radius 2 is 1.65 bits per heavy atom. The molecule has 23 heavy (non-hydrogen) atoms. The van der Waals surface area contributed by atoms with Gasteiger partial charge in [-0.25, -0.2) is 4.39 Å². The number of piperidine rings is 1. The van der Waals surface area contributed by atoms with E-state index in [9.17, 15) is 9.18 Å². The van der Waals surface area contributed by atoms with Gasteiger partial charge in [0, 0.05) is 12.5 Å². The number of hydrogen-bond donors (Lipinski definition) is 0. The van der Waals surface area contributed by atoms with Gasteiger partial charge in [-0.05, 0) is 50.0 Å². The van der Waals surface area contributed by atoms with Crippen molar-refractivity contribution in [3.05, 3.63) is 71.5 Å². The number of Topliss-reactive ketones (excluding diaryl/α,β-unsaturated/α-hetero) is 1. The normalized spacial score (nSPS) is 16.4. The quantitative estimate of drug-likeness (QED) is 0.779. The third-order valence-electron chi connectivity index (χ3n) is 4.66. The van der Waals surface area contributed by atoms with Crippen LogP contribution in [0.15, 0.2) is 54.6 Å². The molecule has 0 aliphatic carbocycles. The number of benzene rings is 2. The summed E-state index contributed by atoms with van der Waals surface area (Å²) in [5.74, 6) is -0.477. The van der Waals surface area contributed by atoms with Gasteiger partial charge in [-0.2, -0.15) is 0 Å². The van der Waals surface area contributed by atoms with Crippen LogP contribution >= 0.6 is 0 Å². The van der Waals surface area contributed by atoms with Gasteiger partial charge in [-0.3, -0.25) is 4.79 Å². The van der Waals surface area contributed by atoms with Crippen LogP contribution in [0.1, 0.15) is 28.8 Å². The SMILES string of the molecule is O=C(c1ccccc1F)C1CCN(CCc2ccccc2)CC1. The van der Waals surface area contributed by atoms with E-state index in [-0.39, 0.29) is 17.3 Å². The van der Waals surface area contributed by atoms with Crippen molar-refractivity contribution in [1.29, 1.82) is 0 Å². The molecule has 0 unspecified atom stereocenters. The summed E-state index contributed by atoms with van der Waals surface area (Å²) in [5, 5.41) is 0. The molecule has 1 fully saturated rings. The minimum absolute atomic E-state index is 0.0363. The molecule has 2 aromatic carbocycles. The van der Waals surface area contributed by atoms with Gasteiger partial charge >= 0.3 is 0 Å². The molecular weight excluding hydrogens is 289 g/mol. The first kappa shape index (κ1) is 15.9. The van der Waals surface area contributed by atoms with Crippen LogP contribution in [-0.4, -0.2) is 30.3 Å². The fourth-order valence-corrected chi connectivity index (χ4v) is 3.23. The summed E-state index contributed by atoms with van der Waals surface area (Å²) in [6.45, 7) is 2.85. The molecule has 0 aromatic heterocycles. The van der Waals surface area contributed by atoms with E-state index < -0.39 is 5.82 Å². The maximum atomic E-state index is 13.7. The summed E-state index contributed by atoms with van der Waals surface area (Å²) in [6.07, 6.45) is 2.68. The van der Waals surface area contributed by atoms with Crippen LogP contribution in [-0.2, 0) is 6.42 Å². The van der Waals surface area contributed by atoms with E-state index in [1.54, 1.807) is 18.2 Å². The third kappa shape index (κ3) is 4.05. The lowest BCUT2D eigenvalue weighted by Gasteiger charge is -2.31. The van der Waals surface area contributed by atoms with Crippen molar-refractivity contribution >= 4 is 5.78 Å². The molecule has 1 saturated heterocycles. The fraction of sp³-hybridized carbons (Fsp3) is 0.350. The van der Waals surface area contributed by atoms with Gasteiger partial charge in [0.25, 0.3) is 0 Å². The highest BCUT2D eigenvalue weighted by Crippen LogP contribution is 2.23. The Labute approximate surface area is 136 Å². The Hall–Kier alpha value is -2.00. The van der Waals surface area contributed by atoms with Crippen LogP contribution in [0.3, 0.4) is 0 Å². The van der Waals surface area contributed by atoms with E-state index in [0.29, 0.717) is 0 Å². The minimum atomic E-state index is -0.399. The Bertz CT molecular complexity index is 648. The van der Waals surface area contributed by atoms with Gasteiger partial charge in [0.2, 0.25) is 0 Å². The zero-order valence-electron chi connectivity index (χ0n) is 13.2. The Morgan fingerprint density at radius 3 is 2.35 bits per heavy atom. The molecule has 1 heterocycles. The summed E-state index contributed by atoms with van der Waals surface area (Å²) in [4.78, 5) is 14.8. The number of carbonyl (C=O) groups excluding carboxylic acids is 1. The molecule has 2 aromatic rings. The van der Waals surface area contributed by atoms with Crippen molar-refractivity contribution in [1.82, 2.24) is 4.90 Å². The smallest absolute Gasteiger partial charge is 0.168 e. The molecule has 0 bridgehead atoms. The first-order chi connectivity index (χ1) is 11.2. The summed E-state index contributed by atoms with van der Waals surface area (Å²) < 4.78 is 13.7. The molecule has 0 spiro atoms. The van der Waals surface area contributed by atoms with Crippen LogP contribution in [0.4, 0.5) is 4.39 Å². The zero-order chi connectivity index (χ0) is 16.1. The predicted octanol–water partition coefficient (Wildman–Crippen LogP) is 3.96. The summed E-state index contributed by atoms with van der Waals surface area (Å²) in [5.41, 5.74) is 1.59. The Morgan fingerprint density at radius 1 is 1.00 bits per heavy atom. The molecule has 3 rings (SSSR count). The van der Waals surface area contributed by atoms with E-state index in [1.165, 1.54) is 11.6 Å². The number of rotatable bonds is 5. The van der Waals surface area contributed by atoms with Crippen LogP contribution < -0.4 is 0 Å². The van der Waals surface area contributed by atoms with Gasteiger partial charge in [-0.15, -0.1) is 0 Å². The molecule has 1 aliphatic heterocycles. The van der Waals surface area contributed by atoms with E-state index in [4.69, 9.17) is 0 Å². The number of carbonyl (C=O) groups is 1. The van der Waals surface area contributed by atoms with E-state index in [2.05, 4.69) is 29.2 Å². The molecule has 2 nitrogen and oxygen atoms in total. The van der Waals surface area contributed by atoms with Gasteiger partial charge in [-0.1, -0.05) is 42.5 Å². The lowest BCUT2D eigenvalue weighted by Crippen LogP contribution is -2.37. The number of hydrogen-bond acceptors (Lipinski definition) is 2. The molecule has 120 valence electrons. The second kappa shape index (κ2) is 7.51. The predicted molar refractivity (Wildman–Crippen MR) is 90.0 cm³/mol. The first-order valence-corrected chi connectivity index (χ1v) is 8.29. The van der Waals surface area contributed by atoms with Crippen molar-refractivity contribution in [3.63, 3.8) is 0 Å². The number of ketones is 1. The van der Waals surface area contributed by atoms with Gasteiger partial charge in [0.1, 0.15) is 5.82 Å². The van der Waals surface area contributed by atoms with Crippen LogP contribution in [0, 0.1) is 11.7 Å². The summed E-state index contributed by atoms with van der Waals surface area (Å²) in [7, 11) is 0. The molecule has 0 N–H and O–H groups in total. The molecule has 0 radical (unpaired) electrons. The van der Waals surface area contributed by atoms with Gasteiger partial charge in [0.05, 0.1) is 5.56 Å². The molecule has 3 heteroatoms. The zero-order valence-corrected chi connectivity index (χ0v) is 13.2.